The van der Waals surface area contributed by atoms with Crippen LogP contribution in [0.1, 0.15) is 22.8 Å². The maximum atomic E-state index is 5.90. The molecule has 4 nitrogen and oxygen atoms in total. The Bertz CT molecular complexity index is 510. The molecule has 0 saturated carbocycles. The zero-order chi connectivity index (χ0) is 12.3. The molecule has 0 fully saturated rings. The smallest absolute Gasteiger partial charge is 0.223 e. The maximum Gasteiger partial charge on any atom is 0.223 e. The summed E-state index contributed by atoms with van der Waals surface area (Å²) in [6.07, 6.45) is 0. The summed E-state index contributed by atoms with van der Waals surface area (Å²) in [6.45, 7) is 5.18. The van der Waals surface area contributed by atoms with E-state index in [1.54, 1.807) is 6.92 Å². The van der Waals surface area contributed by atoms with Gasteiger partial charge >= 0.3 is 0 Å². The summed E-state index contributed by atoms with van der Waals surface area (Å²) in [6, 6.07) is 5.87. The third kappa shape index (κ3) is 3.28. The minimum absolute atomic E-state index is 0.587. The van der Waals surface area contributed by atoms with E-state index in [1.165, 1.54) is 11.1 Å². The first-order valence-corrected chi connectivity index (χ1v) is 5.78. The second-order valence-corrected chi connectivity index (χ2v) is 4.34. The molecule has 17 heavy (non-hydrogen) atoms. The number of benzene rings is 1. The highest BCUT2D eigenvalue weighted by Gasteiger charge is 2.02. The maximum absolute atomic E-state index is 5.90. The number of nitrogens with zero attached hydrogens (tertiary/aromatic N) is 2. The molecule has 1 aromatic carbocycles. The SMILES string of the molecule is Cc1nc(CNCc2ccc(Cl)cc2C)no1. The summed E-state index contributed by atoms with van der Waals surface area (Å²) in [5, 5.41) is 7.84. The van der Waals surface area contributed by atoms with Gasteiger partial charge in [-0.3, -0.25) is 0 Å². The molecule has 1 heterocycles. The van der Waals surface area contributed by atoms with Crippen molar-refractivity contribution in [1.82, 2.24) is 15.5 Å². The molecule has 0 aliphatic rings. The predicted molar refractivity (Wildman–Crippen MR) is 65.8 cm³/mol. The van der Waals surface area contributed by atoms with Crippen molar-refractivity contribution >= 4 is 11.6 Å². The van der Waals surface area contributed by atoms with E-state index in [-0.39, 0.29) is 0 Å². The van der Waals surface area contributed by atoms with Crippen LogP contribution in [0.4, 0.5) is 0 Å². The number of aryl methyl sites for hydroxylation is 2. The Hall–Kier alpha value is -1.39. The van der Waals surface area contributed by atoms with Crippen molar-refractivity contribution in [2.75, 3.05) is 0 Å². The molecule has 0 radical (unpaired) electrons. The molecule has 0 spiro atoms. The lowest BCUT2D eigenvalue weighted by Crippen LogP contribution is -2.14. The van der Waals surface area contributed by atoms with Crippen LogP contribution in [0.15, 0.2) is 22.7 Å². The Morgan fingerprint density at radius 2 is 2.12 bits per heavy atom. The first-order valence-electron chi connectivity index (χ1n) is 5.40. The standard InChI is InChI=1S/C12H14ClN3O/c1-8-5-11(13)4-3-10(8)6-14-7-12-15-9(2)17-16-12/h3-5,14H,6-7H2,1-2H3. The fourth-order valence-corrected chi connectivity index (χ4v) is 1.81. The number of aromatic nitrogens is 2. The fourth-order valence-electron chi connectivity index (χ4n) is 1.58. The Labute approximate surface area is 105 Å². The Kier molecular flexibility index (Phi) is 3.76. The second kappa shape index (κ2) is 5.29. The van der Waals surface area contributed by atoms with Gasteiger partial charge in [0, 0.05) is 18.5 Å². The van der Waals surface area contributed by atoms with Gasteiger partial charge in [-0.15, -0.1) is 0 Å². The highest BCUT2D eigenvalue weighted by molar-refractivity contribution is 6.30. The highest BCUT2D eigenvalue weighted by atomic mass is 35.5. The largest absolute Gasteiger partial charge is 0.340 e. The first kappa shape index (κ1) is 12.1. The van der Waals surface area contributed by atoms with Gasteiger partial charge in [0.05, 0.1) is 6.54 Å². The molecule has 0 aliphatic heterocycles. The predicted octanol–water partition coefficient (Wildman–Crippen LogP) is 2.63. The number of rotatable bonds is 4. The van der Waals surface area contributed by atoms with E-state index in [9.17, 15) is 0 Å². The fraction of sp³-hybridized carbons (Fsp3) is 0.333. The summed E-state index contributed by atoms with van der Waals surface area (Å²) in [4.78, 5) is 4.12. The van der Waals surface area contributed by atoms with Crippen LogP contribution in [0, 0.1) is 13.8 Å². The lowest BCUT2D eigenvalue weighted by atomic mass is 10.1. The number of nitrogens with one attached hydrogen (secondary N) is 1. The lowest BCUT2D eigenvalue weighted by molar-refractivity contribution is 0.385. The topological polar surface area (TPSA) is 51.0 Å². The monoisotopic (exact) mass is 251 g/mol. The van der Waals surface area contributed by atoms with E-state index in [4.69, 9.17) is 16.1 Å². The van der Waals surface area contributed by atoms with Gasteiger partial charge in [0.1, 0.15) is 0 Å². The number of hydrogen-bond acceptors (Lipinski definition) is 4. The molecule has 0 unspecified atom stereocenters. The zero-order valence-corrected chi connectivity index (χ0v) is 10.6. The van der Waals surface area contributed by atoms with Crippen LogP contribution < -0.4 is 5.32 Å². The molecule has 0 aliphatic carbocycles. The highest BCUT2D eigenvalue weighted by Crippen LogP contribution is 2.14. The van der Waals surface area contributed by atoms with Crippen molar-refractivity contribution in [3.63, 3.8) is 0 Å². The van der Waals surface area contributed by atoms with Crippen molar-refractivity contribution in [2.45, 2.75) is 26.9 Å². The number of hydrogen-bond donors (Lipinski definition) is 1. The Morgan fingerprint density at radius 3 is 2.76 bits per heavy atom. The van der Waals surface area contributed by atoms with E-state index < -0.39 is 0 Å². The van der Waals surface area contributed by atoms with Gasteiger partial charge in [-0.05, 0) is 30.2 Å². The summed E-state index contributed by atoms with van der Waals surface area (Å²) in [7, 11) is 0. The lowest BCUT2D eigenvalue weighted by Gasteiger charge is -2.06. The zero-order valence-electron chi connectivity index (χ0n) is 9.83. The number of halogens is 1. The molecular weight excluding hydrogens is 238 g/mol. The van der Waals surface area contributed by atoms with Crippen LogP contribution in [0.25, 0.3) is 0 Å². The van der Waals surface area contributed by atoms with Crippen LogP contribution in [0.5, 0.6) is 0 Å². The van der Waals surface area contributed by atoms with Crippen LogP contribution in [0.3, 0.4) is 0 Å². The minimum Gasteiger partial charge on any atom is -0.340 e. The van der Waals surface area contributed by atoms with Crippen molar-refractivity contribution in [3.8, 4) is 0 Å². The van der Waals surface area contributed by atoms with Gasteiger partial charge in [0.15, 0.2) is 5.82 Å². The average molecular weight is 252 g/mol. The third-order valence-electron chi connectivity index (χ3n) is 2.47. The third-order valence-corrected chi connectivity index (χ3v) is 2.71. The average Bonchev–Trinajstić information content (AvgIpc) is 2.68. The van der Waals surface area contributed by atoms with Gasteiger partial charge in [-0.2, -0.15) is 4.98 Å². The van der Waals surface area contributed by atoms with Crippen LogP contribution in [-0.4, -0.2) is 10.1 Å². The Morgan fingerprint density at radius 1 is 1.29 bits per heavy atom. The molecule has 5 heteroatoms. The molecule has 1 aromatic heterocycles. The van der Waals surface area contributed by atoms with E-state index in [0.717, 1.165) is 11.6 Å². The van der Waals surface area contributed by atoms with Crippen molar-refractivity contribution in [2.24, 2.45) is 0 Å². The minimum atomic E-state index is 0.587. The van der Waals surface area contributed by atoms with E-state index in [2.05, 4.69) is 15.5 Å². The summed E-state index contributed by atoms with van der Waals surface area (Å²) in [5.41, 5.74) is 2.39. The Balaban J connectivity index is 1.90. The molecule has 1 N–H and O–H groups in total. The molecule has 0 atom stereocenters. The quantitative estimate of drug-likeness (QED) is 0.908. The van der Waals surface area contributed by atoms with Gasteiger partial charge in [-0.25, -0.2) is 0 Å². The molecule has 2 aromatic rings. The molecule has 2 rings (SSSR count). The van der Waals surface area contributed by atoms with E-state index in [0.29, 0.717) is 18.3 Å². The van der Waals surface area contributed by atoms with Crippen LogP contribution >= 0.6 is 11.6 Å². The molecule has 90 valence electrons. The van der Waals surface area contributed by atoms with E-state index >= 15 is 0 Å². The van der Waals surface area contributed by atoms with Gasteiger partial charge in [-0.1, -0.05) is 22.8 Å². The molecule has 0 amide bonds. The van der Waals surface area contributed by atoms with Gasteiger partial charge in [0.2, 0.25) is 5.89 Å². The summed E-state index contributed by atoms with van der Waals surface area (Å²) in [5.74, 6) is 1.26. The first-order chi connectivity index (χ1) is 8.15. The molecular formula is C12H14ClN3O. The van der Waals surface area contributed by atoms with Crippen molar-refractivity contribution in [1.29, 1.82) is 0 Å². The summed E-state index contributed by atoms with van der Waals surface area (Å²) < 4.78 is 4.89. The summed E-state index contributed by atoms with van der Waals surface area (Å²) >= 11 is 5.90. The second-order valence-electron chi connectivity index (χ2n) is 3.90. The molecule has 0 bridgehead atoms. The van der Waals surface area contributed by atoms with E-state index in [1.807, 2.05) is 25.1 Å². The normalized spacial score (nSPS) is 10.8. The van der Waals surface area contributed by atoms with Crippen molar-refractivity contribution < 1.29 is 4.52 Å². The van der Waals surface area contributed by atoms with Gasteiger partial charge < -0.3 is 9.84 Å². The van der Waals surface area contributed by atoms with Crippen LogP contribution in [0.2, 0.25) is 5.02 Å². The van der Waals surface area contributed by atoms with Crippen molar-refractivity contribution in [3.05, 3.63) is 46.1 Å². The van der Waals surface area contributed by atoms with Gasteiger partial charge in [0.25, 0.3) is 0 Å². The molecule has 0 saturated heterocycles. The van der Waals surface area contributed by atoms with Crippen LogP contribution in [-0.2, 0) is 13.1 Å².